The predicted octanol–water partition coefficient (Wildman–Crippen LogP) is 1.98. The minimum Gasteiger partial charge on any atom is -0.423 e. The van der Waals surface area contributed by atoms with Gasteiger partial charge in [-0.3, -0.25) is 4.79 Å². The maximum atomic E-state index is 11.3. The number of carbonyl (C=O) groups is 1. The summed E-state index contributed by atoms with van der Waals surface area (Å²) in [5.41, 5.74) is 9.18. The molecule has 1 amide bonds. The first-order chi connectivity index (χ1) is 8.67. The number of aryl methyl sites for hydroxylation is 1. The lowest BCUT2D eigenvalue weighted by atomic mass is 10.0. The quantitative estimate of drug-likeness (QED) is 0.845. The van der Waals surface area contributed by atoms with E-state index < -0.39 is 0 Å². The number of amides is 1. The van der Waals surface area contributed by atoms with Gasteiger partial charge in [0.1, 0.15) is 0 Å². The van der Waals surface area contributed by atoms with Crippen LogP contribution in [0.4, 0.5) is 11.7 Å². The molecular weight excluding hydrogens is 230 g/mol. The zero-order chi connectivity index (χ0) is 12.7. The second kappa shape index (κ2) is 3.87. The van der Waals surface area contributed by atoms with Crippen LogP contribution in [0.15, 0.2) is 22.6 Å². The zero-order valence-electron chi connectivity index (χ0n) is 9.99. The largest absolute Gasteiger partial charge is 0.423 e. The Morgan fingerprint density at radius 1 is 1.50 bits per heavy atom. The normalized spacial score (nSPS) is 13.5. The van der Waals surface area contributed by atoms with Crippen LogP contribution >= 0.6 is 0 Å². The zero-order valence-corrected chi connectivity index (χ0v) is 9.99. The third kappa shape index (κ3) is 1.64. The first-order valence-electron chi connectivity index (χ1n) is 5.85. The Kier molecular flexibility index (Phi) is 2.33. The van der Waals surface area contributed by atoms with E-state index in [-0.39, 0.29) is 11.9 Å². The molecule has 3 rings (SSSR count). The van der Waals surface area contributed by atoms with Crippen LogP contribution in [-0.4, -0.2) is 10.9 Å². The van der Waals surface area contributed by atoms with Gasteiger partial charge in [-0.15, -0.1) is 0 Å². The summed E-state index contributed by atoms with van der Waals surface area (Å²) in [7, 11) is 0. The molecule has 0 atom stereocenters. The van der Waals surface area contributed by atoms with E-state index >= 15 is 0 Å². The Bertz CT molecular complexity index is 631. The Balaban J connectivity index is 2.08. The van der Waals surface area contributed by atoms with Crippen molar-refractivity contribution in [1.29, 1.82) is 0 Å². The molecule has 1 aliphatic rings. The van der Waals surface area contributed by atoms with Crippen molar-refractivity contribution in [3.05, 3.63) is 29.5 Å². The first kappa shape index (κ1) is 10.8. The summed E-state index contributed by atoms with van der Waals surface area (Å²) in [6, 6.07) is 5.92. The highest BCUT2D eigenvalue weighted by atomic mass is 16.4. The lowest BCUT2D eigenvalue weighted by Crippen LogP contribution is -2.03. The molecule has 1 aliphatic heterocycles. The summed E-state index contributed by atoms with van der Waals surface area (Å²) in [5, 5.41) is 2.80. The van der Waals surface area contributed by atoms with Crippen LogP contribution in [-0.2, 0) is 17.6 Å². The average Bonchev–Trinajstić information content (AvgIpc) is 2.89. The van der Waals surface area contributed by atoms with Crippen molar-refractivity contribution in [1.82, 2.24) is 4.98 Å². The van der Waals surface area contributed by atoms with E-state index in [4.69, 9.17) is 10.2 Å². The van der Waals surface area contributed by atoms with Gasteiger partial charge in [0.25, 0.3) is 6.01 Å². The summed E-state index contributed by atoms with van der Waals surface area (Å²) in [5.74, 6) is 0.715. The summed E-state index contributed by atoms with van der Waals surface area (Å²) in [4.78, 5) is 15.5. The van der Waals surface area contributed by atoms with E-state index in [1.807, 2.05) is 25.1 Å². The highest BCUT2D eigenvalue weighted by Crippen LogP contribution is 2.31. The molecule has 92 valence electrons. The highest BCUT2D eigenvalue weighted by molar-refractivity contribution is 5.99. The van der Waals surface area contributed by atoms with Crippen LogP contribution in [0.2, 0.25) is 0 Å². The molecule has 0 unspecified atom stereocenters. The summed E-state index contributed by atoms with van der Waals surface area (Å²) < 4.78 is 5.44. The lowest BCUT2D eigenvalue weighted by Gasteiger charge is -2.02. The number of nitrogens with zero attached hydrogens (tertiary/aromatic N) is 1. The van der Waals surface area contributed by atoms with E-state index in [0.717, 1.165) is 28.9 Å². The van der Waals surface area contributed by atoms with E-state index in [2.05, 4.69) is 10.3 Å². The predicted molar refractivity (Wildman–Crippen MR) is 68.1 cm³/mol. The van der Waals surface area contributed by atoms with Gasteiger partial charge in [0.05, 0.1) is 12.1 Å². The van der Waals surface area contributed by atoms with Crippen molar-refractivity contribution < 1.29 is 9.21 Å². The summed E-state index contributed by atoms with van der Waals surface area (Å²) in [6.45, 7) is 2.00. The third-order valence-electron chi connectivity index (χ3n) is 3.04. The van der Waals surface area contributed by atoms with Crippen LogP contribution in [0, 0.1) is 0 Å². The first-order valence-corrected chi connectivity index (χ1v) is 5.85. The minimum absolute atomic E-state index is 0.0231. The molecular formula is C13H13N3O2. The van der Waals surface area contributed by atoms with Gasteiger partial charge in [0, 0.05) is 11.3 Å². The summed E-state index contributed by atoms with van der Waals surface area (Å²) >= 11 is 0. The molecule has 0 fully saturated rings. The Hall–Kier alpha value is -2.30. The molecule has 1 aromatic heterocycles. The molecule has 18 heavy (non-hydrogen) atoms. The van der Waals surface area contributed by atoms with Gasteiger partial charge in [-0.05, 0) is 30.2 Å². The topological polar surface area (TPSA) is 81.2 Å². The molecule has 0 radical (unpaired) electrons. The van der Waals surface area contributed by atoms with Crippen LogP contribution in [0.1, 0.15) is 18.2 Å². The molecule has 2 heterocycles. The lowest BCUT2D eigenvalue weighted by molar-refractivity contribution is -0.115. The monoisotopic (exact) mass is 243 g/mol. The van der Waals surface area contributed by atoms with Crippen LogP contribution in [0.3, 0.4) is 0 Å². The second-order valence-corrected chi connectivity index (χ2v) is 4.28. The van der Waals surface area contributed by atoms with Crippen LogP contribution < -0.4 is 11.1 Å². The third-order valence-corrected chi connectivity index (χ3v) is 3.04. The number of rotatable bonds is 2. The van der Waals surface area contributed by atoms with Gasteiger partial charge in [-0.2, -0.15) is 4.98 Å². The molecule has 2 aromatic rings. The molecule has 1 aromatic carbocycles. The number of aromatic nitrogens is 1. The van der Waals surface area contributed by atoms with E-state index in [1.54, 1.807) is 0 Å². The smallest absolute Gasteiger partial charge is 0.292 e. The Morgan fingerprint density at radius 2 is 2.33 bits per heavy atom. The van der Waals surface area contributed by atoms with Crippen molar-refractivity contribution in [3.8, 4) is 11.3 Å². The van der Waals surface area contributed by atoms with Gasteiger partial charge in [0.15, 0.2) is 5.76 Å². The number of hydrogen-bond donors (Lipinski definition) is 2. The molecule has 0 bridgehead atoms. The Morgan fingerprint density at radius 3 is 3.11 bits per heavy atom. The van der Waals surface area contributed by atoms with Crippen LogP contribution in [0.5, 0.6) is 0 Å². The number of carbonyl (C=O) groups excluding carboxylic acids is 1. The minimum atomic E-state index is 0.0231. The van der Waals surface area contributed by atoms with E-state index in [1.165, 1.54) is 0 Å². The number of nitrogens with one attached hydrogen (secondary N) is 1. The number of nitrogens with two attached hydrogens (primary N) is 1. The fourth-order valence-corrected chi connectivity index (χ4v) is 2.21. The number of hydrogen-bond acceptors (Lipinski definition) is 4. The maximum absolute atomic E-state index is 11.3. The SMILES string of the molecule is CCc1nc(N)oc1-c1ccc2c(c1)CC(=O)N2. The van der Waals surface area contributed by atoms with E-state index in [9.17, 15) is 4.79 Å². The van der Waals surface area contributed by atoms with Crippen molar-refractivity contribution in [3.63, 3.8) is 0 Å². The Labute approximate surface area is 104 Å². The average molecular weight is 243 g/mol. The number of benzene rings is 1. The van der Waals surface area contributed by atoms with Crippen molar-refractivity contribution in [2.75, 3.05) is 11.1 Å². The number of oxazole rings is 1. The molecule has 0 aliphatic carbocycles. The molecule has 5 nitrogen and oxygen atoms in total. The van der Waals surface area contributed by atoms with Gasteiger partial charge in [-0.25, -0.2) is 0 Å². The molecule has 5 heteroatoms. The molecule has 0 saturated heterocycles. The number of fused-ring (bicyclic) bond motifs is 1. The second-order valence-electron chi connectivity index (χ2n) is 4.28. The molecule has 3 N–H and O–H groups in total. The fourth-order valence-electron chi connectivity index (χ4n) is 2.21. The van der Waals surface area contributed by atoms with Crippen molar-refractivity contribution in [2.45, 2.75) is 19.8 Å². The highest BCUT2D eigenvalue weighted by Gasteiger charge is 2.20. The number of nitrogen functional groups attached to an aromatic ring is 1. The maximum Gasteiger partial charge on any atom is 0.292 e. The van der Waals surface area contributed by atoms with Crippen LogP contribution in [0.25, 0.3) is 11.3 Å². The van der Waals surface area contributed by atoms with Gasteiger partial charge in [-0.1, -0.05) is 6.92 Å². The van der Waals surface area contributed by atoms with E-state index in [0.29, 0.717) is 12.2 Å². The standard InChI is InChI=1S/C13H13N3O2/c1-2-9-12(18-13(14)16-9)7-3-4-10-8(5-7)6-11(17)15-10/h3-5H,2,6H2,1H3,(H2,14,16)(H,15,17). The van der Waals surface area contributed by atoms with Gasteiger partial charge < -0.3 is 15.5 Å². The summed E-state index contributed by atoms with van der Waals surface area (Å²) in [6.07, 6.45) is 1.17. The van der Waals surface area contributed by atoms with Crippen molar-refractivity contribution >= 4 is 17.6 Å². The van der Waals surface area contributed by atoms with Gasteiger partial charge in [0.2, 0.25) is 5.91 Å². The molecule has 0 saturated carbocycles. The van der Waals surface area contributed by atoms with Crippen molar-refractivity contribution in [2.24, 2.45) is 0 Å². The number of anilines is 2. The molecule has 0 spiro atoms. The fraction of sp³-hybridized carbons (Fsp3) is 0.231. The van der Waals surface area contributed by atoms with Gasteiger partial charge >= 0.3 is 0 Å².